The van der Waals surface area contributed by atoms with E-state index in [9.17, 15) is 9.90 Å². The van der Waals surface area contributed by atoms with E-state index in [4.69, 9.17) is 4.42 Å². The number of carbonyl (C=O) groups is 1. The Morgan fingerprint density at radius 1 is 1.32 bits per heavy atom. The van der Waals surface area contributed by atoms with Crippen molar-refractivity contribution in [3.8, 4) is 5.75 Å². The molecule has 2 N–H and O–H groups in total. The van der Waals surface area contributed by atoms with Gasteiger partial charge in [0.15, 0.2) is 5.76 Å². The first-order valence-corrected chi connectivity index (χ1v) is 6.71. The third-order valence-electron chi connectivity index (χ3n) is 2.15. The molecule has 1 amide bonds. The molecule has 2 rings (SSSR count). The molecule has 0 aliphatic carbocycles. The van der Waals surface area contributed by atoms with Gasteiger partial charge in [0, 0.05) is 16.1 Å². The number of hydrogen-bond donors (Lipinski definition) is 2. The first kappa shape index (κ1) is 13.8. The number of benzene rings is 1. The van der Waals surface area contributed by atoms with Crippen molar-refractivity contribution >= 4 is 44.0 Å². The largest absolute Gasteiger partial charge is 0.507 e. The average molecular weight is 388 g/mol. The second-order valence-corrected chi connectivity index (χ2v) is 5.36. The predicted octanol–water partition coefficient (Wildman–Crippen LogP) is 3.27. The Bertz CT molecular complexity index is 638. The number of rotatable bonds is 3. The van der Waals surface area contributed by atoms with E-state index in [0.29, 0.717) is 10.0 Å². The fraction of sp³-hybridized carbons (Fsp3) is 0. The van der Waals surface area contributed by atoms with Gasteiger partial charge < -0.3 is 9.52 Å². The molecule has 0 unspecified atom stereocenters. The molecule has 19 heavy (non-hydrogen) atoms. The summed E-state index contributed by atoms with van der Waals surface area (Å²) in [5.41, 5.74) is 2.78. The van der Waals surface area contributed by atoms with Gasteiger partial charge in [-0.05, 0) is 34.1 Å². The number of carbonyl (C=O) groups excluding carboxylic acids is 1. The summed E-state index contributed by atoms with van der Waals surface area (Å²) in [4.78, 5) is 11.6. The van der Waals surface area contributed by atoms with E-state index >= 15 is 0 Å². The molecule has 0 fully saturated rings. The summed E-state index contributed by atoms with van der Waals surface area (Å²) in [6.07, 6.45) is 2.74. The summed E-state index contributed by atoms with van der Waals surface area (Å²) in [6.45, 7) is 0. The van der Waals surface area contributed by atoms with Crippen LogP contribution in [0, 0.1) is 0 Å². The van der Waals surface area contributed by atoms with Crippen LogP contribution in [0.5, 0.6) is 5.75 Å². The van der Waals surface area contributed by atoms with Gasteiger partial charge in [-0.1, -0.05) is 15.9 Å². The van der Waals surface area contributed by atoms with Crippen LogP contribution in [-0.4, -0.2) is 17.2 Å². The van der Waals surface area contributed by atoms with Crippen LogP contribution in [0.4, 0.5) is 0 Å². The van der Waals surface area contributed by atoms with Crippen LogP contribution in [0.3, 0.4) is 0 Å². The van der Waals surface area contributed by atoms with Crippen molar-refractivity contribution in [1.82, 2.24) is 5.43 Å². The van der Waals surface area contributed by atoms with E-state index in [2.05, 4.69) is 42.4 Å². The molecule has 0 spiro atoms. The molecule has 0 aliphatic heterocycles. The normalized spacial score (nSPS) is 10.8. The molecular weight excluding hydrogens is 380 g/mol. The average Bonchev–Trinajstić information content (AvgIpc) is 2.80. The third kappa shape index (κ3) is 3.68. The Kier molecular flexibility index (Phi) is 4.39. The first-order chi connectivity index (χ1) is 9.06. The maximum Gasteiger partial charge on any atom is 0.307 e. The van der Waals surface area contributed by atoms with Crippen LogP contribution in [0.2, 0.25) is 0 Å². The zero-order valence-corrected chi connectivity index (χ0v) is 12.6. The van der Waals surface area contributed by atoms with Gasteiger partial charge >= 0.3 is 5.91 Å². The fourth-order valence-electron chi connectivity index (χ4n) is 1.28. The van der Waals surface area contributed by atoms with Gasteiger partial charge in [-0.2, -0.15) is 5.10 Å². The molecule has 0 saturated carbocycles. The molecule has 0 atom stereocenters. The summed E-state index contributed by atoms with van der Waals surface area (Å²) < 4.78 is 6.45. The number of phenols is 1. The van der Waals surface area contributed by atoms with E-state index in [0.717, 1.165) is 4.47 Å². The maximum atomic E-state index is 11.6. The maximum absolute atomic E-state index is 11.6. The van der Waals surface area contributed by atoms with Gasteiger partial charge in [-0.3, -0.25) is 4.79 Å². The number of halogens is 2. The summed E-state index contributed by atoms with van der Waals surface area (Å²) in [5, 5.41) is 13.3. The lowest BCUT2D eigenvalue weighted by atomic mass is 10.2. The van der Waals surface area contributed by atoms with E-state index < -0.39 is 5.91 Å². The number of hydrogen-bond acceptors (Lipinski definition) is 4. The molecule has 1 heterocycles. The monoisotopic (exact) mass is 386 g/mol. The number of nitrogens with zero attached hydrogens (tertiary/aromatic N) is 1. The first-order valence-electron chi connectivity index (χ1n) is 5.12. The Balaban J connectivity index is 2.04. The van der Waals surface area contributed by atoms with E-state index in [1.807, 2.05) is 0 Å². The van der Waals surface area contributed by atoms with Crippen molar-refractivity contribution in [2.24, 2.45) is 5.10 Å². The van der Waals surface area contributed by atoms with E-state index in [1.54, 1.807) is 12.1 Å². The summed E-state index contributed by atoms with van der Waals surface area (Å²) in [7, 11) is 0. The van der Waals surface area contributed by atoms with Gasteiger partial charge in [-0.25, -0.2) is 5.43 Å². The lowest BCUT2D eigenvalue weighted by Gasteiger charge is -1.99. The predicted molar refractivity (Wildman–Crippen MR) is 77.3 cm³/mol. The number of hydrazone groups is 1. The van der Waals surface area contributed by atoms with E-state index in [1.165, 1.54) is 24.6 Å². The molecule has 0 saturated heterocycles. The third-order valence-corrected chi connectivity index (χ3v) is 3.06. The zero-order chi connectivity index (χ0) is 13.8. The fourth-order valence-corrected chi connectivity index (χ4v) is 1.96. The Labute approximate surface area is 125 Å². The van der Waals surface area contributed by atoms with Gasteiger partial charge in [0.25, 0.3) is 0 Å². The van der Waals surface area contributed by atoms with Crippen LogP contribution < -0.4 is 5.43 Å². The van der Waals surface area contributed by atoms with Crippen LogP contribution in [0.1, 0.15) is 16.1 Å². The van der Waals surface area contributed by atoms with Crippen molar-refractivity contribution < 1.29 is 14.3 Å². The lowest BCUT2D eigenvalue weighted by molar-refractivity contribution is 0.0927. The summed E-state index contributed by atoms with van der Waals surface area (Å²) >= 11 is 6.45. The van der Waals surface area contributed by atoms with Crippen molar-refractivity contribution in [3.63, 3.8) is 0 Å². The van der Waals surface area contributed by atoms with E-state index in [-0.39, 0.29) is 11.5 Å². The molecule has 2 aromatic rings. The number of phenolic OH excluding ortho intramolecular Hbond substituents is 1. The highest BCUT2D eigenvalue weighted by molar-refractivity contribution is 9.10. The minimum atomic E-state index is -0.476. The molecule has 0 bridgehead atoms. The van der Waals surface area contributed by atoms with Crippen molar-refractivity contribution in [2.75, 3.05) is 0 Å². The molecule has 1 aromatic heterocycles. The van der Waals surface area contributed by atoms with Crippen LogP contribution in [0.25, 0.3) is 0 Å². The number of nitrogens with one attached hydrogen (secondary N) is 1. The quantitative estimate of drug-likeness (QED) is 0.626. The second kappa shape index (κ2) is 6.03. The summed E-state index contributed by atoms with van der Waals surface area (Å²) in [5.74, 6) is -0.263. The van der Waals surface area contributed by atoms with Crippen molar-refractivity contribution in [2.45, 2.75) is 0 Å². The molecule has 5 nitrogen and oxygen atoms in total. The molecule has 0 aliphatic rings. The smallest absolute Gasteiger partial charge is 0.307 e. The molecule has 0 radical (unpaired) electrons. The molecular formula is C12H8Br2N2O3. The summed E-state index contributed by atoms with van der Waals surface area (Å²) in [6, 6.07) is 6.43. The number of amides is 1. The SMILES string of the molecule is O=C(N/N=C\c1cc(Br)ccc1O)c1cc(Br)co1. The van der Waals surface area contributed by atoms with Crippen LogP contribution >= 0.6 is 31.9 Å². The Morgan fingerprint density at radius 2 is 2.11 bits per heavy atom. The minimum absolute atomic E-state index is 0.0712. The van der Waals surface area contributed by atoms with Crippen molar-refractivity contribution in [3.05, 3.63) is 50.8 Å². The zero-order valence-electron chi connectivity index (χ0n) is 9.43. The highest BCUT2D eigenvalue weighted by Gasteiger charge is 2.09. The van der Waals surface area contributed by atoms with Crippen LogP contribution in [0.15, 0.2) is 49.0 Å². The molecule has 1 aromatic carbocycles. The molecule has 7 heteroatoms. The highest BCUT2D eigenvalue weighted by Crippen LogP contribution is 2.20. The number of furan rings is 1. The standard InChI is InChI=1S/C12H8Br2N2O3/c13-8-1-2-10(17)7(3-8)5-15-16-12(18)11-4-9(14)6-19-11/h1-6,17H,(H,16,18)/b15-5-. The Hall–Kier alpha value is -1.60. The molecule has 98 valence electrons. The van der Waals surface area contributed by atoms with Gasteiger partial charge in [0.2, 0.25) is 0 Å². The van der Waals surface area contributed by atoms with Gasteiger partial charge in [0.1, 0.15) is 12.0 Å². The number of aromatic hydroxyl groups is 1. The van der Waals surface area contributed by atoms with Gasteiger partial charge in [-0.15, -0.1) is 0 Å². The Morgan fingerprint density at radius 3 is 2.79 bits per heavy atom. The second-order valence-electron chi connectivity index (χ2n) is 3.53. The topological polar surface area (TPSA) is 74.8 Å². The van der Waals surface area contributed by atoms with Crippen LogP contribution in [-0.2, 0) is 0 Å². The van der Waals surface area contributed by atoms with Gasteiger partial charge in [0.05, 0.1) is 10.7 Å². The van der Waals surface area contributed by atoms with Crippen molar-refractivity contribution in [1.29, 1.82) is 0 Å². The highest BCUT2D eigenvalue weighted by atomic mass is 79.9. The minimum Gasteiger partial charge on any atom is -0.507 e. The lowest BCUT2D eigenvalue weighted by Crippen LogP contribution is -2.16.